The van der Waals surface area contributed by atoms with Crippen LogP contribution in [0, 0.1) is 0 Å². The monoisotopic (exact) mass is 323 g/mol. The Bertz CT molecular complexity index is 581. The molecule has 2 rings (SSSR count). The average molecular weight is 324 g/mol. The minimum absolute atomic E-state index is 0.00560. The van der Waals surface area contributed by atoms with Crippen molar-refractivity contribution < 1.29 is 4.74 Å². The molecule has 0 saturated carbocycles. The van der Waals surface area contributed by atoms with Crippen molar-refractivity contribution in [3.05, 3.63) is 63.6 Å². The van der Waals surface area contributed by atoms with Gasteiger partial charge in [-0.1, -0.05) is 48.3 Å². The molecule has 0 fully saturated rings. The van der Waals surface area contributed by atoms with Crippen molar-refractivity contribution in [2.75, 3.05) is 13.2 Å². The van der Waals surface area contributed by atoms with Crippen molar-refractivity contribution in [2.45, 2.75) is 19.9 Å². The number of halogens is 2. The minimum Gasteiger partial charge on any atom is -0.494 e. The van der Waals surface area contributed by atoms with Crippen LogP contribution >= 0.6 is 23.2 Å². The Morgan fingerprint density at radius 1 is 1.05 bits per heavy atom. The van der Waals surface area contributed by atoms with Crippen molar-refractivity contribution in [3.63, 3.8) is 0 Å². The maximum absolute atomic E-state index is 6.14. The first-order valence-electron chi connectivity index (χ1n) is 7.06. The molecule has 0 spiro atoms. The lowest BCUT2D eigenvalue weighted by Gasteiger charge is -2.22. The first-order chi connectivity index (χ1) is 10.2. The van der Waals surface area contributed by atoms with Gasteiger partial charge in [-0.2, -0.15) is 0 Å². The van der Waals surface area contributed by atoms with E-state index < -0.39 is 0 Å². The fourth-order valence-corrected chi connectivity index (χ4v) is 2.90. The maximum atomic E-state index is 6.14. The van der Waals surface area contributed by atoms with E-state index in [-0.39, 0.29) is 6.04 Å². The Morgan fingerprint density at radius 3 is 2.33 bits per heavy atom. The maximum Gasteiger partial charge on any atom is 0.124 e. The van der Waals surface area contributed by atoms with Gasteiger partial charge < -0.3 is 10.1 Å². The summed E-state index contributed by atoms with van der Waals surface area (Å²) in [5, 5.41) is 4.74. The molecule has 2 aromatic carbocycles. The van der Waals surface area contributed by atoms with E-state index in [1.54, 1.807) is 6.07 Å². The smallest absolute Gasteiger partial charge is 0.124 e. The van der Waals surface area contributed by atoms with Gasteiger partial charge in [0.15, 0.2) is 0 Å². The highest BCUT2D eigenvalue weighted by molar-refractivity contribution is 6.34. The molecule has 4 heteroatoms. The second-order valence-corrected chi connectivity index (χ2v) is 5.54. The predicted molar refractivity (Wildman–Crippen MR) is 89.6 cm³/mol. The van der Waals surface area contributed by atoms with Crippen molar-refractivity contribution in [2.24, 2.45) is 0 Å². The predicted octanol–water partition coefficient (Wildman–Crippen LogP) is 5.09. The van der Waals surface area contributed by atoms with Gasteiger partial charge in [-0.15, -0.1) is 0 Å². The second kappa shape index (κ2) is 7.69. The van der Waals surface area contributed by atoms with Crippen molar-refractivity contribution in [1.82, 2.24) is 5.32 Å². The molecule has 0 bridgehead atoms. The fourth-order valence-electron chi connectivity index (χ4n) is 2.36. The molecule has 0 aliphatic heterocycles. The lowest BCUT2D eigenvalue weighted by Crippen LogP contribution is -2.22. The Hall–Kier alpha value is -1.22. The first kappa shape index (κ1) is 16.2. The number of para-hydroxylation sites is 1. The molecule has 0 aromatic heterocycles. The SMILES string of the molecule is CCNC(c1cc(Cl)cc(Cl)c1)c1ccccc1OCC. The topological polar surface area (TPSA) is 21.3 Å². The minimum atomic E-state index is -0.00560. The van der Waals surface area contributed by atoms with Crippen molar-refractivity contribution >= 4 is 23.2 Å². The molecular weight excluding hydrogens is 305 g/mol. The van der Waals surface area contributed by atoms with Crippen LogP contribution < -0.4 is 10.1 Å². The van der Waals surface area contributed by atoms with Crippen LogP contribution in [0.15, 0.2) is 42.5 Å². The van der Waals surface area contributed by atoms with Gasteiger partial charge in [0.05, 0.1) is 12.6 Å². The zero-order valence-electron chi connectivity index (χ0n) is 12.2. The van der Waals surface area contributed by atoms with Gasteiger partial charge in [-0.05, 0) is 43.3 Å². The normalized spacial score (nSPS) is 12.2. The molecular formula is C17H19Cl2NO. The first-order valence-corrected chi connectivity index (χ1v) is 7.82. The Morgan fingerprint density at radius 2 is 1.71 bits per heavy atom. The van der Waals surface area contributed by atoms with Crippen LogP contribution in [0.25, 0.3) is 0 Å². The summed E-state index contributed by atoms with van der Waals surface area (Å²) < 4.78 is 5.74. The van der Waals surface area contributed by atoms with E-state index in [1.807, 2.05) is 37.3 Å². The molecule has 0 radical (unpaired) electrons. The molecule has 0 aliphatic rings. The number of nitrogens with one attached hydrogen (secondary N) is 1. The molecule has 112 valence electrons. The third-order valence-corrected chi connectivity index (χ3v) is 3.59. The summed E-state index contributed by atoms with van der Waals surface area (Å²) in [5.41, 5.74) is 2.11. The summed E-state index contributed by atoms with van der Waals surface area (Å²) in [5.74, 6) is 0.877. The zero-order valence-corrected chi connectivity index (χ0v) is 13.7. The standard InChI is InChI=1S/C17H19Cl2NO/c1-3-20-17(12-9-13(18)11-14(19)10-12)15-7-5-6-8-16(15)21-4-2/h5-11,17,20H,3-4H2,1-2H3. The molecule has 1 N–H and O–H groups in total. The number of ether oxygens (including phenoxy) is 1. The summed E-state index contributed by atoms with van der Waals surface area (Å²) in [6.45, 7) is 5.51. The van der Waals surface area contributed by atoms with Crippen molar-refractivity contribution in [3.8, 4) is 5.75 Å². The third-order valence-electron chi connectivity index (χ3n) is 3.16. The van der Waals surface area contributed by atoms with Gasteiger partial charge >= 0.3 is 0 Å². The number of rotatable bonds is 6. The lowest BCUT2D eigenvalue weighted by atomic mass is 9.97. The molecule has 0 amide bonds. The van der Waals surface area contributed by atoms with Gasteiger partial charge in [-0.3, -0.25) is 0 Å². The number of hydrogen-bond donors (Lipinski definition) is 1. The molecule has 2 aromatic rings. The fraction of sp³-hybridized carbons (Fsp3) is 0.294. The van der Waals surface area contributed by atoms with Crippen LogP contribution in [-0.2, 0) is 0 Å². The van der Waals surface area contributed by atoms with E-state index in [0.717, 1.165) is 23.4 Å². The van der Waals surface area contributed by atoms with E-state index >= 15 is 0 Å². The molecule has 0 heterocycles. The van der Waals surface area contributed by atoms with Crippen molar-refractivity contribution in [1.29, 1.82) is 0 Å². The lowest BCUT2D eigenvalue weighted by molar-refractivity contribution is 0.333. The third kappa shape index (κ3) is 4.13. The Labute approximate surface area is 136 Å². The summed E-state index contributed by atoms with van der Waals surface area (Å²) in [4.78, 5) is 0. The van der Waals surface area contributed by atoms with Gasteiger partial charge in [-0.25, -0.2) is 0 Å². The molecule has 1 unspecified atom stereocenters. The van der Waals surface area contributed by atoms with Gasteiger partial charge in [0, 0.05) is 15.6 Å². The molecule has 2 nitrogen and oxygen atoms in total. The van der Waals surface area contributed by atoms with Gasteiger partial charge in [0.1, 0.15) is 5.75 Å². The zero-order chi connectivity index (χ0) is 15.2. The largest absolute Gasteiger partial charge is 0.494 e. The van der Waals surface area contributed by atoms with E-state index in [1.165, 1.54) is 0 Å². The number of benzene rings is 2. The van der Waals surface area contributed by atoms with E-state index in [2.05, 4.69) is 18.3 Å². The van der Waals surface area contributed by atoms with E-state index in [0.29, 0.717) is 16.7 Å². The summed E-state index contributed by atoms with van der Waals surface area (Å²) in [7, 11) is 0. The van der Waals surface area contributed by atoms with Gasteiger partial charge in [0.2, 0.25) is 0 Å². The van der Waals surface area contributed by atoms with E-state index in [4.69, 9.17) is 27.9 Å². The number of hydrogen-bond acceptors (Lipinski definition) is 2. The van der Waals surface area contributed by atoms with Crippen LogP contribution in [0.4, 0.5) is 0 Å². The van der Waals surface area contributed by atoms with Crippen LogP contribution in [0.2, 0.25) is 10.0 Å². The van der Waals surface area contributed by atoms with Crippen LogP contribution in [0.5, 0.6) is 5.75 Å². The van der Waals surface area contributed by atoms with Crippen LogP contribution in [0.3, 0.4) is 0 Å². The highest BCUT2D eigenvalue weighted by atomic mass is 35.5. The Kier molecular flexibility index (Phi) is 5.92. The molecule has 0 saturated heterocycles. The second-order valence-electron chi connectivity index (χ2n) is 4.66. The summed E-state index contributed by atoms with van der Waals surface area (Å²) in [6.07, 6.45) is 0. The van der Waals surface area contributed by atoms with Crippen LogP contribution in [-0.4, -0.2) is 13.2 Å². The quantitative estimate of drug-likeness (QED) is 0.799. The highest BCUT2D eigenvalue weighted by Crippen LogP contribution is 2.32. The van der Waals surface area contributed by atoms with Gasteiger partial charge in [0.25, 0.3) is 0 Å². The Balaban J connectivity index is 2.48. The highest BCUT2D eigenvalue weighted by Gasteiger charge is 2.18. The molecule has 0 aliphatic carbocycles. The van der Waals surface area contributed by atoms with Crippen LogP contribution in [0.1, 0.15) is 31.0 Å². The molecule has 21 heavy (non-hydrogen) atoms. The van der Waals surface area contributed by atoms with E-state index in [9.17, 15) is 0 Å². The summed E-state index contributed by atoms with van der Waals surface area (Å²) in [6, 6.07) is 13.6. The molecule has 1 atom stereocenters. The average Bonchev–Trinajstić information content (AvgIpc) is 2.45. The summed E-state index contributed by atoms with van der Waals surface area (Å²) >= 11 is 12.3.